The zero-order valence-electron chi connectivity index (χ0n) is 20.7. The summed E-state index contributed by atoms with van der Waals surface area (Å²) in [6.07, 6.45) is 6.20. The molecule has 0 fully saturated rings. The number of nitrogens with one attached hydrogen (secondary N) is 1. The van der Waals surface area contributed by atoms with Crippen LogP contribution in [0.15, 0.2) is 42.5 Å². The number of carbonyl (C=O) groups excluding carboxylic acids is 1. The number of nitrogens with zero attached hydrogens (tertiary/aromatic N) is 2. The molecule has 5 nitrogen and oxygen atoms in total. The van der Waals surface area contributed by atoms with E-state index in [1.807, 2.05) is 13.8 Å². The number of benzene rings is 2. The van der Waals surface area contributed by atoms with Crippen molar-refractivity contribution in [2.75, 3.05) is 13.2 Å². The number of unbranched alkanes of at least 4 members (excludes halogenated alkanes) is 3. The van der Waals surface area contributed by atoms with E-state index in [9.17, 15) is 4.79 Å². The Hall–Kier alpha value is -2.82. The van der Waals surface area contributed by atoms with Crippen LogP contribution in [0.5, 0.6) is 5.75 Å². The molecule has 0 unspecified atom stereocenters. The maximum atomic E-state index is 11.7. The first-order chi connectivity index (χ1) is 16.0. The predicted molar refractivity (Wildman–Crippen MR) is 136 cm³/mol. The highest BCUT2D eigenvalue weighted by Gasteiger charge is 2.10. The second-order valence-corrected chi connectivity index (χ2v) is 9.25. The van der Waals surface area contributed by atoms with Gasteiger partial charge >= 0.3 is 0 Å². The van der Waals surface area contributed by atoms with Crippen molar-refractivity contribution < 1.29 is 9.53 Å². The molecular formula is C28H39N3O2. The molecule has 178 valence electrons. The molecule has 1 heterocycles. The standard InChI is InChI=1S/C28H39N3O2/c1-21(2)28(32)29-17-9-5-6-14-27-30-24-12-7-8-13-25(24)31(27)18-10-11-19-33-26-16-15-22(3)20-23(26)4/h7-8,12-13,15-16,20-21H,5-6,9-11,14,17-19H2,1-4H3,(H,29,32). The molecule has 3 aromatic rings. The van der Waals surface area contributed by atoms with Crippen LogP contribution in [-0.4, -0.2) is 28.6 Å². The van der Waals surface area contributed by atoms with Crippen LogP contribution >= 0.6 is 0 Å². The van der Waals surface area contributed by atoms with Crippen LogP contribution in [0.4, 0.5) is 0 Å². The monoisotopic (exact) mass is 449 g/mol. The van der Waals surface area contributed by atoms with E-state index in [-0.39, 0.29) is 11.8 Å². The third-order valence-electron chi connectivity index (χ3n) is 6.00. The van der Waals surface area contributed by atoms with Crippen molar-refractivity contribution in [3.8, 4) is 5.75 Å². The van der Waals surface area contributed by atoms with Crippen LogP contribution in [-0.2, 0) is 17.8 Å². The normalized spacial score (nSPS) is 11.3. The molecule has 0 saturated heterocycles. The number of hydrogen-bond acceptors (Lipinski definition) is 3. The average Bonchev–Trinajstić information content (AvgIpc) is 3.14. The number of fused-ring (bicyclic) bond motifs is 1. The van der Waals surface area contributed by atoms with Crippen LogP contribution in [0.3, 0.4) is 0 Å². The minimum atomic E-state index is 0.0521. The molecule has 0 aliphatic carbocycles. The van der Waals surface area contributed by atoms with Crippen LogP contribution in [0.25, 0.3) is 11.0 Å². The smallest absolute Gasteiger partial charge is 0.222 e. The molecule has 1 amide bonds. The van der Waals surface area contributed by atoms with E-state index in [2.05, 4.69) is 66.2 Å². The molecule has 33 heavy (non-hydrogen) atoms. The summed E-state index contributed by atoms with van der Waals surface area (Å²) in [6, 6.07) is 14.7. The number of para-hydroxylation sites is 2. The summed E-state index contributed by atoms with van der Waals surface area (Å²) in [4.78, 5) is 16.6. The van der Waals surface area contributed by atoms with Gasteiger partial charge in [-0.3, -0.25) is 4.79 Å². The van der Waals surface area contributed by atoms with Crippen LogP contribution in [0, 0.1) is 19.8 Å². The van der Waals surface area contributed by atoms with Gasteiger partial charge < -0.3 is 14.6 Å². The summed E-state index contributed by atoms with van der Waals surface area (Å²) in [6.45, 7) is 10.5. The van der Waals surface area contributed by atoms with Gasteiger partial charge in [-0.1, -0.05) is 50.1 Å². The van der Waals surface area contributed by atoms with Gasteiger partial charge in [0.1, 0.15) is 11.6 Å². The lowest BCUT2D eigenvalue weighted by Gasteiger charge is -2.12. The van der Waals surface area contributed by atoms with Gasteiger partial charge in [0.15, 0.2) is 0 Å². The van der Waals surface area contributed by atoms with E-state index in [1.54, 1.807) is 0 Å². The SMILES string of the molecule is Cc1ccc(OCCCCn2c(CCCCCNC(=O)C(C)C)nc3ccccc32)c(C)c1. The maximum absolute atomic E-state index is 11.7. The van der Waals surface area contributed by atoms with Gasteiger partial charge in [0, 0.05) is 25.4 Å². The van der Waals surface area contributed by atoms with Crippen molar-refractivity contribution >= 4 is 16.9 Å². The number of aromatic nitrogens is 2. The number of carbonyl (C=O) groups is 1. The molecule has 1 N–H and O–H groups in total. The minimum absolute atomic E-state index is 0.0521. The van der Waals surface area contributed by atoms with Crippen molar-refractivity contribution in [3.05, 3.63) is 59.4 Å². The average molecular weight is 450 g/mol. The summed E-state index contributed by atoms with van der Waals surface area (Å²) in [5.74, 6) is 2.34. The molecule has 0 radical (unpaired) electrons. The fourth-order valence-corrected chi connectivity index (χ4v) is 4.08. The lowest BCUT2D eigenvalue weighted by molar-refractivity contribution is -0.123. The summed E-state index contributed by atoms with van der Waals surface area (Å²) < 4.78 is 8.39. The van der Waals surface area contributed by atoms with E-state index < -0.39 is 0 Å². The third kappa shape index (κ3) is 7.34. The molecule has 3 rings (SSSR count). The van der Waals surface area contributed by atoms with E-state index in [1.165, 1.54) is 16.6 Å². The van der Waals surface area contributed by atoms with Crippen molar-refractivity contribution in [2.45, 2.75) is 72.8 Å². The van der Waals surface area contributed by atoms with Gasteiger partial charge in [0.05, 0.1) is 17.6 Å². The Labute approximate surface area is 198 Å². The highest BCUT2D eigenvalue weighted by Crippen LogP contribution is 2.21. The van der Waals surface area contributed by atoms with Crippen LogP contribution < -0.4 is 10.1 Å². The lowest BCUT2D eigenvalue weighted by Crippen LogP contribution is -2.28. The molecule has 0 aliphatic heterocycles. The third-order valence-corrected chi connectivity index (χ3v) is 6.00. The van der Waals surface area contributed by atoms with Crippen molar-refractivity contribution in [2.24, 2.45) is 5.92 Å². The number of aryl methyl sites for hydroxylation is 4. The maximum Gasteiger partial charge on any atom is 0.222 e. The highest BCUT2D eigenvalue weighted by atomic mass is 16.5. The topological polar surface area (TPSA) is 56.1 Å². The summed E-state index contributed by atoms with van der Waals surface area (Å²) in [5.41, 5.74) is 4.75. The van der Waals surface area contributed by atoms with Gasteiger partial charge in [0.25, 0.3) is 0 Å². The first-order valence-electron chi connectivity index (χ1n) is 12.4. The lowest BCUT2D eigenvalue weighted by atomic mass is 10.1. The number of ether oxygens (including phenoxy) is 1. The zero-order valence-corrected chi connectivity index (χ0v) is 20.7. The van der Waals surface area contributed by atoms with E-state index in [0.717, 1.165) is 75.3 Å². The zero-order chi connectivity index (χ0) is 23.6. The number of amides is 1. The van der Waals surface area contributed by atoms with E-state index >= 15 is 0 Å². The van der Waals surface area contributed by atoms with Crippen molar-refractivity contribution in [1.82, 2.24) is 14.9 Å². The first-order valence-corrected chi connectivity index (χ1v) is 12.4. The number of hydrogen-bond donors (Lipinski definition) is 1. The highest BCUT2D eigenvalue weighted by molar-refractivity contribution is 5.77. The van der Waals surface area contributed by atoms with Crippen LogP contribution in [0.2, 0.25) is 0 Å². The molecule has 0 saturated carbocycles. The van der Waals surface area contributed by atoms with Gasteiger partial charge in [-0.25, -0.2) is 4.98 Å². The summed E-state index contributed by atoms with van der Waals surface area (Å²) >= 11 is 0. The number of imidazole rings is 1. The van der Waals surface area contributed by atoms with Gasteiger partial charge in [-0.05, 0) is 63.3 Å². The Morgan fingerprint density at radius 1 is 1.03 bits per heavy atom. The Morgan fingerprint density at radius 2 is 1.85 bits per heavy atom. The van der Waals surface area contributed by atoms with E-state index in [0.29, 0.717) is 0 Å². The first kappa shape index (κ1) is 24.8. The molecule has 5 heteroatoms. The molecule has 0 aliphatic rings. The Bertz CT molecular complexity index is 1040. The van der Waals surface area contributed by atoms with Crippen molar-refractivity contribution in [1.29, 1.82) is 0 Å². The van der Waals surface area contributed by atoms with Gasteiger partial charge in [-0.15, -0.1) is 0 Å². The molecule has 0 spiro atoms. The second-order valence-electron chi connectivity index (χ2n) is 9.25. The fraction of sp³-hybridized carbons (Fsp3) is 0.500. The summed E-state index contributed by atoms with van der Waals surface area (Å²) in [5, 5.41) is 3.00. The molecular weight excluding hydrogens is 410 g/mol. The Balaban J connectivity index is 1.47. The number of rotatable bonds is 13. The second kappa shape index (κ2) is 12.4. The molecule has 0 bridgehead atoms. The van der Waals surface area contributed by atoms with Crippen LogP contribution in [0.1, 0.15) is 62.9 Å². The molecule has 1 aromatic heterocycles. The predicted octanol–water partition coefficient (Wildman–Crippen LogP) is 6.00. The Kier molecular flexibility index (Phi) is 9.35. The minimum Gasteiger partial charge on any atom is -0.493 e. The Morgan fingerprint density at radius 3 is 2.64 bits per heavy atom. The molecule has 2 aromatic carbocycles. The summed E-state index contributed by atoms with van der Waals surface area (Å²) in [7, 11) is 0. The van der Waals surface area contributed by atoms with Gasteiger partial charge in [0.2, 0.25) is 5.91 Å². The van der Waals surface area contributed by atoms with Gasteiger partial charge in [-0.2, -0.15) is 0 Å². The largest absolute Gasteiger partial charge is 0.493 e. The fourth-order valence-electron chi connectivity index (χ4n) is 4.08. The van der Waals surface area contributed by atoms with E-state index in [4.69, 9.17) is 9.72 Å². The van der Waals surface area contributed by atoms with Crippen molar-refractivity contribution in [3.63, 3.8) is 0 Å². The molecule has 0 atom stereocenters. The quantitative estimate of drug-likeness (QED) is 0.326.